The Morgan fingerprint density at radius 2 is 2.05 bits per heavy atom. The second-order valence-electron chi connectivity index (χ2n) is 4.28. The number of thiophene rings is 1. The van der Waals surface area contributed by atoms with Crippen molar-refractivity contribution in [3.8, 4) is 0 Å². The van der Waals surface area contributed by atoms with Crippen LogP contribution in [0.5, 0.6) is 0 Å². The molecule has 0 radical (unpaired) electrons. The van der Waals surface area contributed by atoms with E-state index < -0.39 is 9.05 Å². The van der Waals surface area contributed by atoms with E-state index in [-0.39, 0.29) is 16.7 Å². The van der Waals surface area contributed by atoms with Crippen molar-refractivity contribution >= 4 is 59.6 Å². The van der Waals surface area contributed by atoms with E-state index in [2.05, 4.69) is 27.9 Å². The predicted octanol–water partition coefficient (Wildman–Crippen LogP) is 3.52. The fourth-order valence-electron chi connectivity index (χ4n) is 1.67. The Morgan fingerprint density at radius 1 is 1.33 bits per heavy atom. The van der Waals surface area contributed by atoms with Crippen LogP contribution in [-0.4, -0.2) is 14.3 Å². The van der Waals surface area contributed by atoms with Crippen LogP contribution in [0.4, 0.5) is 0 Å². The summed E-state index contributed by atoms with van der Waals surface area (Å²) in [5, 5.41) is 2.78. The van der Waals surface area contributed by atoms with Crippen LogP contribution in [-0.2, 0) is 15.6 Å². The summed E-state index contributed by atoms with van der Waals surface area (Å²) in [7, 11) is 1.55. The van der Waals surface area contributed by atoms with Crippen molar-refractivity contribution in [2.45, 2.75) is 17.7 Å². The Bertz CT molecular complexity index is 786. The molecule has 0 unspecified atom stereocenters. The first-order valence-electron chi connectivity index (χ1n) is 5.85. The van der Waals surface area contributed by atoms with Crippen LogP contribution in [0.2, 0.25) is 0 Å². The molecular formula is C13H11ClINO3S2. The van der Waals surface area contributed by atoms with Crippen LogP contribution in [0.3, 0.4) is 0 Å². The van der Waals surface area contributed by atoms with Crippen LogP contribution in [0.25, 0.3) is 0 Å². The van der Waals surface area contributed by atoms with Crippen LogP contribution in [0.15, 0.2) is 34.5 Å². The number of carbonyl (C=O) groups excluding carboxylic acids is 1. The second-order valence-corrected chi connectivity index (χ2v) is 9.32. The van der Waals surface area contributed by atoms with E-state index in [0.717, 1.165) is 25.3 Å². The zero-order valence-corrected chi connectivity index (χ0v) is 15.4. The van der Waals surface area contributed by atoms with E-state index in [1.807, 2.05) is 19.1 Å². The smallest absolute Gasteiger partial charge is 0.270 e. The second kappa shape index (κ2) is 6.64. The largest absolute Gasteiger partial charge is 0.347 e. The maximum atomic E-state index is 12.1. The third-order valence-corrected chi connectivity index (χ3v) is 7.35. The molecule has 0 aliphatic carbocycles. The molecule has 1 aromatic heterocycles. The minimum absolute atomic E-state index is 0.0820. The SMILES string of the molecule is Cc1cccc(C(=O)NCc2ccc(S(=O)(=O)Cl)s2)c1I. The van der Waals surface area contributed by atoms with E-state index >= 15 is 0 Å². The van der Waals surface area contributed by atoms with Gasteiger partial charge in [-0.15, -0.1) is 11.3 Å². The third kappa shape index (κ3) is 4.18. The first-order chi connectivity index (χ1) is 9.79. The summed E-state index contributed by atoms with van der Waals surface area (Å²) in [6.45, 7) is 2.20. The van der Waals surface area contributed by atoms with Gasteiger partial charge in [-0.1, -0.05) is 12.1 Å². The Balaban J connectivity index is 2.08. The Hall–Kier alpha value is -0.640. The number of nitrogens with one attached hydrogen (secondary N) is 1. The fourth-order valence-corrected chi connectivity index (χ4v) is 4.34. The molecule has 1 N–H and O–H groups in total. The minimum Gasteiger partial charge on any atom is -0.347 e. The van der Waals surface area contributed by atoms with E-state index in [9.17, 15) is 13.2 Å². The Morgan fingerprint density at radius 3 is 2.67 bits per heavy atom. The molecule has 0 aliphatic heterocycles. The first kappa shape index (κ1) is 16.7. The molecule has 1 aromatic carbocycles. The predicted molar refractivity (Wildman–Crippen MR) is 92.4 cm³/mol. The van der Waals surface area contributed by atoms with Gasteiger partial charge in [0.2, 0.25) is 0 Å². The van der Waals surface area contributed by atoms with Gasteiger partial charge in [0, 0.05) is 19.1 Å². The maximum Gasteiger partial charge on any atom is 0.270 e. The number of carbonyl (C=O) groups is 1. The van der Waals surface area contributed by atoms with Gasteiger partial charge in [-0.05, 0) is 53.3 Å². The van der Waals surface area contributed by atoms with Gasteiger partial charge in [0.25, 0.3) is 15.0 Å². The fraction of sp³-hybridized carbons (Fsp3) is 0.154. The minimum atomic E-state index is -3.71. The lowest BCUT2D eigenvalue weighted by Crippen LogP contribution is -2.23. The van der Waals surface area contributed by atoms with Crippen LogP contribution in [0.1, 0.15) is 20.8 Å². The lowest BCUT2D eigenvalue weighted by Gasteiger charge is -2.07. The summed E-state index contributed by atoms with van der Waals surface area (Å²) in [6, 6.07) is 8.60. The summed E-state index contributed by atoms with van der Waals surface area (Å²) < 4.78 is 23.3. The van der Waals surface area contributed by atoms with Crippen molar-refractivity contribution in [1.29, 1.82) is 0 Å². The molecule has 8 heteroatoms. The molecule has 21 heavy (non-hydrogen) atoms. The van der Waals surface area contributed by atoms with Crippen molar-refractivity contribution in [1.82, 2.24) is 5.32 Å². The standard InChI is InChI=1S/C13H11ClINO3S2/c1-8-3-2-4-10(12(8)15)13(17)16-7-9-5-6-11(20-9)21(14,18)19/h2-6H,7H2,1H3,(H,16,17). The zero-order chi connectivity index (χ0) is 15.6. The quantitative estimate of drug-likeness (QED) is 0.567. The molecule has 0 saturated carbocycles. The molecule has 0 spiro atoms. The monoisotopic (exact) mass is 455 g/mol. The van der Waals surface area contributed by atoms with E-state index in [1.54, 1.807) is 12.1 Å². The highest BCUT2D eigenvalue weighted by Gasteiger charge is 2.15. The number of hydrogen-bond acceptors (Lipinski definition) is 4. The number of amides is 1. The van der Waals surface area contributed by atoms with Gasteiger partial charge in [-0.25, -0.2) is 8.42 Å². The number of benzene rings is 1. The van der Waals surface area contributed by atoms with Gasteiger partial charge in [0.15, 0.2) is 0 Å². The van der Waals surface area contributed by atoms with Gasteiger partial charge in [-0.2, -0.15) is 0 Å². The number of hydrogen-bond donors (Lipinski definition) is 1. The molecule has 112 valence electrons. The van der Waals surface area contributed by atoms with Gasteiger partial charge in [-0.3, -0.25) is 4.79 Å². The molecule has 1 amide bonds. The summed E-state index contributed by atoms with van der Waals surface area (Å²) in [5.41, 5.74) is 1.65. The summed E-state index contributed by atoms with van der Waals surface area (Å²) in [4.78, 5) is 12.9. The maximum absolute atomic E-state index is 12.1. The van der Waals surface area contributed by atoms with Crippen molar-refractivity contribution < 1.29 is 13.2 Å². The average molecular weight is 456 g/mol. The van der Waals surface area contributed by atoms with Crippen LogP contribution < -0.4 is 5.32 Å². The molecule has 0 bridgehead atoms. The van der Waals surface area contributed by atoms with E-state index in [4.69, 9.17) is 10.7 Å². The van der Waals surface area contributed by atoms with Gasteiger partial charge < -0.3 is 5.32 Å². The zero-order valence-electron chi connectivity index (χ0n) is 10.9. The summed E-state index contributed by atoms with van der Waals surface area (Å²) >= 11 is 3.18. The molecule has 1 heterocycles. The number of rotatable bonds is 4. The lowest BCUT2D eigenvalue weighted by molar-refractivity contribution is 0.0950. The number of aryl methyl sites for hydroxylation is 1. The Kier molecular flexibility index (Phi) is 5.29. The normalized spacial score (nSPS) is 11.4. The third-order valence-electron chi connectivity index (χ3n) is 2.74. The first-order valence-corrected chi connectivity index (χ1v) is 10.1. The molecule has 2 aromatic rings. The highest BCUT2D eigenvalue weighted by molar-refractivity contribution is 14.1. The molecule has 0 fully saturated rings. The van der Waals surface area contributed by atoms with Gasteiger partial charge in [0.05, 0.1) is 12.1 Å². The van der Waals surface area contributed by atoms with Crippen molar-refractivity contribution in [2.75, 3.05) is 0 Å². The Labute approximate surface area is 145 Å². The van der Waals surface area contributed by atoms with Crippen LogP contribution in [0, 0.1) is 10.5 Å². The molecular weight excluding hydrogens is 445 g/mol. The van der Waals surface area contributed by atoms with E-state index in [0.29, 0.717) is 5.56 Å². The highest BCUT2D eigenvalue weighted by Crippen LogP contribution is 2.24. The molecule has 2 rings (SSSR count). The summed E-state index contributed by atoms with van der Waals surface area (Å²) in [5.74, 6) is -0.188. The lowest BCUT2D eigenvalue weighted by atomic mass is 10.1. The summed E-state index contributed by atoms with van der Waals surface area (Å²) in [6.07, 6.45) is 0. The highest BCUT2D eigenvalue weighted by atomic mass is 127. The van der Waals surface area contributed by atoms with Gasteiger partial charge in [0.1, 0.15) is 4.21 Å². The van der Waals surface area contributed by atoms with E-state index in [1.165, 1.54) is 6.07 Å². The van der Waals surface area contributed by atoms with Crippen molar-refractivity contribution in [3.05, 3.63) is 49.9 Å². The molecule has 0 saturated heterocycles. The molecule has 0 atom stereocenters. The van der Waals surface area contributed by atoms with Crippen LogP contribution >= 0.6 is 44.6 Å². The molecule has 0 aliphatic rings. The topological polar surface area (TPSA) is 63.2 Å². The van der Waals surface area contributed by atoms with Crippen molar-refractivity contribution in [3.63, 3.8) is 0 Å². The number of halogens is 2. The van der Waals surface area contributed by atoms with Crippen molar-refractivity contribution in [2.24, 2.45) is 0 Å². The average Bonchev–Trinajstić information content (AvgIpc) is 2.88. The molecule has 4 nitrogen and oxygen atoms in total. The van der Waals surface area contributed by atoms with Gasteiger partial charge >= 0.3 is 0 Å².